The third-order valence-corrected chi connectivity index (χ3v) is 5.16. The van der Waals surface area contributed by atoms with Gasteiger partial charge in [-0.3, -0.25) is 20.0 Å². The number of halogens is 7. The van der Waals surface area contributed by atoms with Crippen molar-refractivity contribution in [2.75, 3.05) is 0 Å². The van der Waals surface area contributed by atoms with Crippen LogP contribution in [0.25, 0.3) is 28.0 Å². The molecule has 2 aromatic carbocycles. The van der Waals surface area contributed by atoms with Gasteiger partial charge >= 0.3 is 12.4 Å². The van der Waals surface area contributed by atoms with Gasteiger partial charge in [-0.05, 0) is 29.8 Å². The molecule has 0 saturated heterocycles. The Bertz CT molecular complexity index is 1490. The summed E-state index contributed by atoms with van der Waals surface area (Å²) in [5.41, 5.74) is -6.02. The van der Waals surface area contributed by atoms with Gasteiger partial charge in [0, 0.05) is 23.8 Å². The number of nitrogens with one attached hydrogen (secondary N) is 1. The van der Waals surface area contributed by atoms with Crippen molar-refractivity contribution in [2.45, 2.75) is 12.4 Å². The van der Waals surface area contributed by atoms with Gasteiger partial charge in [0.25, 0.3) is 11.2 Å². The van der Waals surface area contributed by atoms with Crippen LogP contribution >= 0.6 is 11.6 Å². The molecule has 0 fully saturated rings. The molecule has 176 valence electrons. The summed E-state index contributed by atoms with van der Waals surface area (Å²) in [6.45, 7) is 0. The van der Waals surface area contributed by atoms with Gasteiger partial charge in [-0.25, -0.2) is 9.50 Å². The van der Waals surface area contributed by atoms with Crippen LogP contribution in [0, 0.1) is 10.1 Å². The van der Waals surface area contributed by atoms with Gasteiger partial charge in [0.15, 0.2) is 5.65 Å². The Labute approximate surface area is 189 Å². The molecule has 0 bridgehead atoms. The molecule has 2 aromatic heterocycles. The van der Waals surface area contributed by atoms with Crippen LogP contribution in [-0.4, -0.2) is 19.5 Å². The van der Waals surface area contributed by atoms with Crippen molar-refractivity contribution in [3.8, 4) is 22.4 Å². The average Bonchev–Trinajstić information content (AvgIpc) is 3.14. The number of non-ortho nitro benzene ring substituents is 1. The SMILES string of the molecule is O=c1cc(-c2ccc([N+](=O)[O-])cc2)nc2c(-c3ccc(Cl)c(C(F)(F)F)c3)c(C(F)(F)F)[nH]n12. The fraction of sp³-hybridized carbons (Fsp3) is 0.100. The minimum Gasteiger partial charge on any atom is -0.284 e. The topological polar surface area (TPSA) is 93.3 Å². The number of nitrogens with zero attached hydrogens (tertiary/aromatic N) is 3. The molecule has 0 radical (unpaired) electrons. The van der Waals surface area contributed by atoms with E-state index in [1.54, 1.807) is 0 Å². The number of aromatic amines is 1. The maximum atomic E-state index is 13.8. The minimum absolute atomic E-state index is 0.140. The van der Waals surface area contributed by atoms with Crippen LogP contribution in [0.5, 0.6) is 0 Å². The first-order valence-electron chi connectivity index (χ1n) is 9.12. The molecule has 34 heavy (non-hydrogen) atoms. The van der Waals surface area contributed by atoms with Gasteiger partial charge in [-0.1, -0.05) is 17.7 Å². The molecule has 0 unspecified atom stereocenters. The summed E-state index contributed by atoms with van der Waals surface area (Å²) in [5.74, 6) is 0. The van der Waals surface area contributed by atoms with E-state index in [1.807, 2.05) is 5.10 Å². The molecule has 4 rings (SSSR count). The van der Waals surface area contributed by atoms with Gasteiger partial charge in [0.1, 0.15) is 5.69 Å². The van der Waals surface area contributed by atoms with Crippen molar-refractivity contribution >= 4 is 22.9 Å². The highest BCUT2D eigenvalue weighted by Crippen LogP contribution is 2.42. The smallest absolute Gasteiger partial charge is 0.284 e. The van der Waals surface area contributed by atoms with Gasteiger partial charge < -0.3 is 0 Å². The highest BCUT2D eigenvalue weighted by atomic mass is 35.5. The first-order chi connectivity index (χ1) is 15.8. The summed E-state index contributed by atoms with van der Waals surface area (Å²) in [4.78, 5) is 26.8. The van der Waals surface area contributed by atoms with Gasteiger partial charge in [-0.15, -0.1) is 0 Å². The molecule has 0 spiro atoms. The average molecular weight is 503 g/mol. The van der Waals surface area contributed by atoms with Gasteiger partial charge in [0.05, 0.1) is 26.8 Å². The van der Waals surface area contributed by atoms with Crippen molar-refractivity contribution in [1.29, 1.82) is 0 Å². The first kappa shape index (κ1) is 23.3. The van der Waals surface area contributed by atoms with Crippen molar-refractivity contribution in [3.05, 3.63) is 85.3 Å². The molecule has 0 atom stereocenters. The zero-order valence-electron chi connectivity index (χ0n) is 16.3. The maximum absolute atomic E-state index is 13.8. The molecule has 0 aliphatic rings. The zero-order chi connectivity index (χ0) is 25.0. The third kappa shape index (κ3) is 4.09. The van der Waals surface area contributed by atoms with E-state index in [0.717, 1.165) is 30.3 Å². The van der Waals surface area contributed by atoms with E-state index in [2.05, 4.69) is 4.98 Å². The third-order valence-electron chi connectivity index (χ3n) is 4.83. The van der Waals surface area contributed by atoms with E-state index < -0.39 is 55.9 Å². The second-order valence-corrected chi connectivity index (χ2v) is 7.40. The van der Waals surface area contributed by atoms with Crippen molar-refractivity contribution in [1.82, 2.24) is 14.6 Å². The summed E-state index contributed by atoms with van der Waals surface area (Å²) in [6.07, 6.45) is -10.0. The van der Waals surface area contributed by atoms with Crippen molar-refractivity contribution in [3.63, 3.8) is 0 Å². The summed E-state index contributed by atoms with van der Waals surface area (Å²) < 4.78 is 81.8. The number of H-pyrrole nitrogens is 1. The van der Waals surface area contributed by atoms with E-state index in [1.165, 1.54) is 12.1 Å². The summed E-state index contributed by atoms with van der Waals surface area (Å²) in [7, 11) is 0. The molecule has 14 heteroatoms. The van der Waals surface area contributed by atoms with Crippen molar-refractivity contribution < 1.29 is 31.3 Å². The second kappa shape index (κ2) is 7.87. The molecule has 0 saturated carbocycles. The molecule has 0 amide bonds. The number of fused-ring (bicyclic) bond motifs is 1. The quantitative estimate of drug-likeness (QED) is 0.213. The van der Waals surface area contributed by atoms with Crippen LogP contribution in [0.1, 0.15) is 11.3 Å². The predicted octanol–water partition coefficient (Wildman–Crippen LogP) is 5.96. The molecular weight excluding hydrogens is 494 g/mol. The number of nitro groups is 1. The molecule has 0 aliphatic heterocycles. The molecule has 1 N–H and O–H groups in total. The second-order valence-electron chi connectivity index (χ2n) is 6.99. The lowest BCUT2D eigenvalue weighted by atomic mass is 10.0. The number of alkyl halides is 6. The van der Waals surface area contributed by atoms with Crippen molar-refractivity contribution in [2.24, 2.45) is 0 Å². The standard InChI is InChI=1S/C20H9ClF6N4O3/c21-13-6-3-10(7-12(13)19(22,23)24)16-17(20(25,26)27)29-30-15(32)8-14(28-18(16)30)9-1-4-11(5-2-9)31(33)34/h1-8,29H. The maximum Gasteiger partial charge on any atom is 0.433 e. The van der Waals surface area contributed by atoms with E-state index in [-0.39, 0.29) is 16.9 Å². The van der Waals surface area contributed by atoms with E-state index >= 15 is 0 Å². The first-order valence-corrected chi connectivity index (χ1v) is 9.50. The molecule has 4 aromatic rings. The van der Waals surface area contributed by atoms with E-state index in [0.29, 0.717) is 10.6 Å². The number of hydrogen-bond acceptors (Lipinski definition) is 4. The van der Waals surface area contributed by atoms with Crippen LogP contribution in [0.3, 0.4) is 0 Å². The molecule has 7 nitrogen and oxygen atoms in total. The Morgan fingerprint density at radius 3 is 2.12 bits per heavy atom. The Hall–Kier alpha value is -3.87. The Balaban J connectivity index is 2.02. The fourth-order valence-corrected chi connectivity index (χ4v) is 3.54. The summed E-state index contributed by atoms with van der Waals surface area (Å²) >= 11 is 5.59. The molecular formula is C20H9ClF6N4O3. The Morgan fingerprint density at radius 1 is 0.941 bits per heavy atom. The lowest BCUT2D eigenvalue weighted by molar-refractivity contribution is -0.384. The lowest BCUT2D eigenvalue weighted by Gasteiger charge is -2.12. The highest BCUT2D eigenvalue weighted by molar-refractivity contribution is 6.31. The van der Waals surface area contributed by atoms with Gasteiger partial charge in [-0.2, -0.15) is 26.3 Å². The number of rotatable bonds is 3. The Morgan fingerprint density at radius 2 is 1.56 bits per heavy atom. The van der Waals surface area contributed by atoms with Crippen LogP contribution < -0.4 is 5.56 Å². The normalized spacial score (nSPS) is 12.3. The predicted molar refractivity (Wildman–Crippen MR) is 108 cm³/mol. The zero-order valence-corrected chi connectivity index (χ0v) is 17.1. The number of aromatic nitrogens is 3. The number of hydrogen-bond donors (Lipinski definition) is 1. The summed E-state index contributed by atoms with van der Waals surface area (Å²) in [5, 5.41) is 12.0. The monoisotopic (exact) mass is 502 g/mol. The number of benzene rings is 2. The van der Waals surface area contributed by atoms with E-state index in [9.17, 15) is 41.3 Å². The van der Waals surface area contributed by atoms with Crippen LogP contribution in [0.2, 0.25) is 5.02 Å². The molecule has 0 aliphatic carbocycles. The van der Waals surface area contributed by atoms with E-state index in [4.69, 9.17) is 11.6 Å². The largest absolute Gasteiger partial charge is 0.433 e. The minimum atomic E-state index is -5.08. The Kier molecular flexibility index (Phi) is 5.39. The number of nitro benzene ring substituents is 1. The van der Waals surface area contributed by atoms with Crippen LogP contribution in [0.15, 0.2) is 53.3 Å². The molecule has 2 heterocycles. The fourth-order valence-electron chi connectivity index (χ4n) is 3.32. The highest BCUT2D eigenvalue weighted by Gasteiger charge is 2.39. The van der Waals surface area contributed by atoms with Gasteiger partial charge in [0.2, 0.25) is 0 Å². The van der Waals surface area contributed by atoms with Crippen LogP contribution in [0.4, 0.5) is 32.0 Å². The summed E-state index contributed by atoms with van der Waals surface area (Å²) in [6, 6.07) is 7.74. The van der Waals surface area contributed by atoms with Crippen LogP contribution in [-0.2, 0) is 12.4 Å². The lowest BCUT2D eigenvalue weighted by Crippen LogP contribution is -2.15.